The molecule has 0 unspecified atom stereocenters. The zero-order valence-electron chi connectivity index (χ0n) is 12.1. The van der Waals surface area contributed by atoms with Gasteiger partial charge < -0.3 is 10.6 Å². The van der Waals surface area contributed by atoms with E-state index in [9.17, 15) is 17.2 Å². The van der Waals surface area contributed by atoms with Crippen LogP contribution in [0.15, 0.2) is 47.4 Å². The van der Waals surface area contributed by atoms with Crippen molar-refractivity contribution < 1.29 is 17.2 Å². The van der Waals surface area contributed by atoms with E-state index in [1.807, 2.05) is 0 Å². The number of hydrogen-bond acceptors (Lipinski definition) is 3. The normalized spacial score (nSPS) is 11.1. The van der Waals surface area contributed by atoms with Crippen LogP contribution >= 0.6 is 12.2 Å². The van der Waals surface area contributed by atoms with E-state index in [-0.39, 0.29) is 15.7 Å². The molecule has 0 saturated heterocycles. The largest absolute Gasteiger partial charge is 0.358 e. The number of rotatable bonds is 4. The van der Waals surface area contributed by atoms with Crippen LogP contribution in [-0.2, 0) is 16.4 Å². The van der Waals surface area contributed by atoms with E-state index in [1.54, 1.807) is 12.1 Å². The smallest absolute Gasteiger partial charge is 0.175 e. The van der Waals surface area contributed by atoms with Crippen LogP contribution in [-0.4, -0.2) is 19.8 Å². The highest BCUT2D eigenvalue weighted by atomic mass is 32.2. The molecule has 0 aromatic heterocycles. The lowest BCUT2D eigenvalue weighted by molar-refractivity contribution is 0.602. The molecule has 2 rings (SSSR count). The summed E-state index contributed by atoms with van der Waals surface area (Å²) in [7, 11) is -3.24. The molecule has 4 nitrogen and oxygen atoms in total. The summed E-state index contributed by atoms with van der Waals surface area (Å²) in [5.74, 6) is -1.19. The molecule has 2 aromatic carbocycles. The third-order valence-corrected chi connectivity index (χ3v) is 4.36. The maximum atomic E-state index is 13.5. The van der Waals surface area contributed by atoms with Crippen LogP contribution in [0.3, 0.4) is 0 Å². The molecule has 0 bridgehead atoms. The minimum atomic E-state index is -3.24. The molecule has 122 valence electrons. The van der Waals surface area contributed by atoms with Crippen molar-refractivity contribution in [1.82, 2.24) is 5.32 Å². The van der Waals surface area contributed by atoms with Crippen molar-refractivity contribution in [3.63, 3.8) is 0 Å². The third kappa shape index (κ3) is 4.97. The van der Waals surface area contributed by atoms with E-state index in [0.29, 0.717) is 6.54 Å². The SMILES string of the molecule is CS(=O)(=O)c1ccc(CNC(=S)Nc2cc(F)ccc2F)cc1. The summed E-state index contributed by atoms with van der Waals surface area (Å²) in [5, 5.41) is 5.53. The minimum absolute atomic E-state index is 0.0603. The number of benzene rings is 2. The summed E-state index contributed by atoms with van der Waals surface area (Å²) >= 11 is 5.02. The molecule has 0 radical (unpaired) electrons. The molecule has 2 N–H and O–H groups in total. The van der Waals surface area contributed by atoms with Crippen molar-refractivity contribution in [3.05, 3.63) is 59.7 Å². The lowest BCUT2D eigenvalue weighted by Gasteiger charge is -2.11. The van der Waals surface area contributed by atoms with Crippen LogP contribution in [0, 0.1) is 11.6 Å². The Morgan fingerprint density at radius 1 is 1.13 bits per heavy atom. The Bertz CT molecular complexity index is 822. The van der Waals surface area contributed by atoms with Crippen LogP contribution < -0.4 is 10.6 Å². The van der Waals surface area contributed by atoms with Crippen LogP contribution in [0.4, 0.5) is 14.5 Å². The average Bonchev–Trinajstić information content (AvgIpc) is 2.48. The van der Waals surface area contributed by atoms with Gasteiger partial charge in [-0.2, -0.15) is 0 Å². The van der Waals surface area contributed by atoms with Crippen molar-refractivity contribution in [1.29, 1.82) is 0 Å². The number of nitrogens with one attached hydrogen (secondary N) is 2. The number of hydrogen-bond donors (Lipinski definition) is 2. The summed E-state index contributed by atoms with van der Waals surface area (Å²) in [6.45, 7) is 0.312. The van der Waals surface area contributed by atoms with Crippen molar-refractivity contribution in [2.45, 2.75) is 11.4 Å². The summed E-state index contributed by atoms with van der Waals surface area (Å²) < 4.78 is 49.3. The molecule has 2 aromatic rings. The van der Waals surface area contributed by atoms with E-state index < -0.39 is 21.5 Å². The van der Waals surface area contributed by atoms with Crippen molar-refractivity contribution in [2.24, 2.45) is 0 Å². The predicted molar refractivity (Wildman–Crippen MR) is 89.0 cm³/mol. The zero-order chi connectivity index (χ0) is 17.0. The molecule has 0 amide bonds. The van der Waals surface area contributed by atoms with Crippen LogP contribution in [0.25, 0.3) is 0 Å². The Morgan fingerprint density at radius 2 is 1.78 bits per heavy atom. The van der Waals surface area contributed by atoms with E-state index in [0.717, 1.165) is 30.0 Å². The van der Waals surface area contributed by atoms with Gasteiger partial charge in [-0.3, -0.25) is 0 Å². The second-order valence-electron chi connectivity index (χ2n) is 4.85. The van der Waals surface area contributed by atoms with E-state index in [1.165, 1.54) is 12.1 Å². The van der Waals surface area contributed by atoms with Gasteiger partial charge in [0.15, 0.2) is 14.9 Å². The first-order valence-electron chi connectivity index (χ1n) is 6.54. The van der Waals surface area contributed by atoms with E-state index in [4.69, 9.17) is 12.2 Å². The quantitative estimate of drug-likeness (QED) is 0.825. The van der Waals surface area contributed by atoms with Crippen LogP contribution in [0.5, 0.6) is 0 Å². The fourth-order valence-corrected chi connectivity index (χ4v) is 2.61. The highest BCUT2D eigenvalue weighted by Crippen LogP contribution is 2.15. The van der Waals surface area contributed by atoms with Gasteiger partial charge in [0.25, 0.3) is 0 Å². The van der Waals surface area contributed by atoms with Gasteiger partial charge in [-0.25, -0.2) is 17.2 Å². The fourth-order valence-electron chi connectivity index (χ4n) is 1.80. The van der Waals surface area contributed by atoms with Gasteiger partial charge in [0, 0.05) is 18.9 Å². The lowest BCUT2D eigenvalue weighted by Crippen LogP contribution is -2.28. The van der Waals surface area contributed by atoms with Gasteiger partial charge in [-0.1, -0.05) is 12.1 Å². The topological polar surface area (TPSA) is 58.2 Å². The van der Waals surface area contributed by atoms with Crippen molar-refractivity contribution >= 4 is 32.9 Å². The fraction of sp³-hybridized carbons (Fsp3) is 0.133. The molecule has 0 aliphatic carbocycles. The Hall–Kier alpha value is -2.06. The maximum Gasteiger partial charge on any atom is 0.175 e. The first kappa shape index (κ1) is 17.3. The highest BCUT2D eigenvalue weighted by molar-refractivity contribution is 7.90. The number of sulfone groups is 1. The first-order valence-corrected chi connectivity index (χ1v) is 8.84. The van der Waals surface area contributed by atoms with Gasteiger partial charge in [-0.05, 0) is 42.0 Å². The molecule has 0 atom stereocenters. The van der Waals surface area contributed by atoms with Crippen molar-refractivity contribution in [2.75, 3.05) is 11.6 Å². The van der Waals surface area contributed by atoms with Crippen LogP contribution in [0.2, 0.25) is 0 Å². The molecule has 8 heteroatoms. The zero-order valence-corrected chi connectivity index (χ0v) is 13.8. The Balaban J connectivity index is 1.95. The van der Waals surface area contributed by atoms with E-state index >= 15 is 0 Å². The second-order valence-corrected chi connectivity index (χ2v) is 7.27. The number of halogens is 2. The van der Waals surface area contributed by atoms with Gasteiger partial charge in [0.2, 0.25) is 0 Å². The Kier molecular flexibility index (Phi) is 5.27. The Morgan fingerprint density at radius 3 is 2.39 bits per heavy atom. The first-order chi connectivity index (χ1) is 10.8. The summed E-state index contributed by atoms with van der Waals surface area (Å²) in [4.78, 5) is 0.226. The highest BCUT2D eigenvalue weighted by Gasteiger charge is 2.07. The Labute approximate surface area is 138 Å². The van der Waals surface area contributed by atoms with Crippen LogP contribution in [0.1, 0.15) is 5.56 Å². The maximum absolute atomic E-state index is 13.5. The minimum Gasteiger partial charge on any atom is -0.358 e. The van der Waals surface area contributed by atoms with E-state index in [2.05, 4.69) is 10.6 Å². The molecule has 0 heterocycles. The lowest BCUT2D eigenvalue weighted by atomic mass is 10.2. The van der Waals surface area contributed by atoms with Gasteiger partial charge in [0.05, 0.1) is 10.6 Å². The molecular weight excluding hydrogens is 342 g/mol. The summed E-state index contributed by atoms with van der Waals surface area (Å²) in [6.07, 6.45) is 1.13. The monoisotopic (exact) mass is 356 g/mol. The standard InChI is InChI=1S/C15H14F2N2O2S2/c1-23(20,21)12-5-2-10(3-6-12)9-18-15(22)19-14-8-11(16)4-7-13(14)17/h2-8H,9H2,1H3,(H2,18,19,22). The van der Waals surface area contributed by atoms with Crippen molar-refractivity contribution in [3.8, 4) is 0 Å². The molecular formula is C15H14F2N2O2S2. The van der Waals surface area contributed by atoms with Gasteiger partial charge in [0.1, 0.15) is 11.6 Å². The van der Waals surface area contributed by atoms with Gasteiger partial charge in [-0.15, -0.1) is 0 Å². The summed E-state index contributed by atoms with van der Waals surface area (Å²) in [5.41, 5.74) is 0.733. The van der Waals surface area contributed by atoms with Gasteiger partial charge >= 0.3 is 0 Å². The number of anilines is 1. The average molecular weight is 356 g/mol. The second kappa shape index (κ2) is 7.01. The molecule has 0 spiro atoms. The molecule has 0 saturated carbocycles. The molecule has 0 aliphatic rings. The predicted octanol–water partition coefficient (Wildman–Crippen LogP) is 2.85. The molecule has 0 fully saturated rings. The molecule has 23 heavy (non-hydrogen) atoms. The molecule has 0 aliphatic heterocycles. The third-order valence-electron chi connectivity index (χ3n) is 2.98. The summed E-state index contributed by atoms with van der Waals surface area (Å²) in [6, 6.07) is 9.31. The number of thiocarbonyl (C=S) groups is 1.